The van der Waals surface area contributed by atoms with Gasteiger partial charge in [-0.3, -0.25) is 4.79 Å². The van der Waals surface area contributed by atoms with Crippen LogP contribution in [0.15, 0.2) is 34.9 Å². The summed E-state index contributed by atoms with van der Waals surface area (Å²) in [7, 11) is 0. The summed E-state index contributed by atoms with van der Waals surface area (Å²) in [6.45, 7) is -1.41. The maximum Gasteiger partial charge on any atom is 0.422 e. The molecule has 6 nitrogen and oxygen atoms in total. The van der Waals surface area contributed by atoms with Gasteiger partial charge in [-0.2, -0.15) is 13.2 Å². The molecule has 2 heterocycles. The first-order valence-electron chi connectivity index (χ1n) is 8.67. The second-order valence-corrected chi connectivity index (χ2v) is 7.57. The van der Waals surface area contributed by atoms with Crippen molar-refractivity contribution >= 4 is 28.3 Å². The number of fused-ring (bicyclic) bond motifs is 1. The molecular weight excluding hydrogens is 395 g/mol. The zero-order chi connectivity index (χ0) is 19.7. The third kappa shape index (κ3) is 4.61. The van der Waals surface area contributed by atoms with Crippen LogP contribution < -0.4 is 10.1 Å². The molecule has 3 aromatic rings. The Bertz CT molecular complexity index is 948. The lowest BCUT2D eigenvalue weighted by atomic mass is 10.1. The Labute approximate surface area is 161 Å². The summed E-state index contributed by atoms with van der Waals surface area (Å²) in [5, 5.41) is 2.83. The van der Waals surface area contributed by atoms with Crippen LogP contribution in [-0.4, -0.2) is 28.7 Å². The normalized spacial score (nSPS) is 15.5. The van der Waals surface area contributed by atoms with E-state index in [-0.39, 0.29) is 23.4 Å². The number of rotatable bonds is 7. The number of ether oxygens (including phenoxy) is 1. The van der Waals surface area contributed by atoms with Gasteiger partial charge in [0.25, 0.3) is 5.19 Å². The van der Waals surface area contributed by atoms with E-state index >= 15 is 0 Å². The molecule has 1 atom stereocenters. The second kappa shape index (κ2) is 7.42. The van der Waals surface area contributed by atoms with E-state index in [0.29, 0.717) is 21.9 Å². The topological polar surface area (TPSA) is 77.3 Å². The minimum atomic E-state index is -4.44. The van der Waals surface area contributed by atoms with Crippen molar-refractivity contribution in [3.63, 3.8) is 0 Å². The first-order valence-corrected chi connectivity index (χ1v) is 9.49. The number of hydrogen-bond acceptors (Lipinski definition) is 6. The van der Waals surface area contributed by atoms with Gasteiger partial charge >= 0.3 is 6.18 Å². The molecule has 1 fully saturated rings. The Morgan fingerprint density at radius 3 is 2.86 bits per heavy atom. The van der Waals surface area contributed by atoms with Crippen molar-refractivity contribution in [1.82, 2.24) is 15.3 Å². The van der Waals surface area contributed by atoms with Crippen LogP contribution in [0, 0.1) is 5.92 Å². The van der Waals surface area contributed by atoms with E-state index in [2.05, 4.69) is 15.3 Å². The highest BCUT2D eigenvalue weighted by atomic mass is 32.1. The highest BCUT2D eigenvalue weighted by molar-refractivity contribution is 7.13. The molecule has 1 aromatic carbocycles. The van der Waals surface area contributed by atoms with Gasteiger partial charge in [0.2, 0.25) is 5.91 Å². The highest BCUT2D eigenvalue weighted by Crippen LogP contribution is 2.33. The third-order valence-corrected chi connectivity index (χ3v) is 5.21. The molecular formula is C18H16F3N3O3S. The van der Waals surface area contributed by atoms with Crippen LogP contribution in [0.25, 0.3) is 11.1 Å². The summed E-state index contributed by atoms with van der Waals surface area (Å²) < 4.78 is 47.4. The molecule has 0 radical (unpaired) electrons. The summed E-state index contributed by atoms with van der Waals surface area (Å²) in [5.74, 6) is 0.320. The van der Waals surface area contributed by atoms with E-state index < -0.39 is 18.8 Å². The van der Waals surface area contributed by atoms with Crippen molar-refractivity contribution in [1.29, 1.82) is 0 Å². The number of carbonyl (C=O) groups excluding carboxylic acids is 1. The van der Waals surface area contributed by atoms with E-state index in [0.717, 1.165) is 24.2 Å². The Hall–Kier alpha value is -2.62. The minimum Gasteiger partial charge on any atom is -0.460 e. The van der Waals surface area contributed by atoms with Crippen molar-refractivity contribution in [2.45, 2.75) is 31.5 Å². The molecule has 4 rings (SSSR count). The van der Waals surface area contributed by atoms with Crippen molar-refractivity contribution < 1.29 is 27.1 Å². The molecule has 0 unspecified atom stereocenters. The number of benzene rings is 1. The summed E-state index contributed by atoms with van der Waals surface area (Å²) in [6, 6.07) is 6.77. The number of alkyl halides is 3. The van der Waals surface area contributed by atoms with Crippen molar-refractivity contribution in [3.05, 3.63) is 41.2 Å². The van der Waals surface area contributed by atoms with Crippen molar-refractivity contribution in [3.8, 4) is 5.19 Å². The number of hydrogen-bond donors (Lipinski definition) is 1. The lowest BCUT2D eigenvalue weighted by Crippen LogP contribution is -2.30. The zero-order valence-corrected chi connectivity index (χ0v) is 15.3. The van der Waals surface area contributed by atoms with Crippen LogP contribution in [0.2, 0.25) is 0 Å². The molecule has 0 aliphatic heterocycles. The van der Waals surface area contributed by atoms with Crippen LogP contribution in [0.4, 0.5) is 13.2 Å². The maximum atomic E-state index is 12.3. The van der Waals surface area contributed by atoms with E-state index in [4.69, 9.17) is 9.15 Å². The average Bonchev–Trinajstić information content (AvgIpc) is 3.24. The predicted molar refractivity (Wildman–Crippen MR) is 95.0 cm³/mol. The largest absolute Gasteiger partial charge is 0.460 e. The molecule has 1 aliphatic rings. The second-order valence-electron chi connectivity index (χ2n) is 6.55. The Morgan fingerprint density at radius 2 is 2.14 bits per heavy atom. The molecule has 0 saturated heterocycles. The van der Waals surface area contributed by atoms with Crippen LogP contribution in [0.5, 0.6) is 5.19 Å². The Kier molecular flexibility index (Phi) is 4.96. The number of oxazole rings is 1. The average molecular weight is 411 g/mol. The smallest absolute Gasteiger partial charge is 0.422 e. The molecule has 10 heteroatoms. The highest BCUT2D eigenvalue weighted by Gasteiger charge is 2.33. The van der Waals surface area contributed by atoms with Crippen LogP contribution >= 0.6 is 11.3 Å². The lowest BCUT2D eigenvalue weighted by Gasteiger charge is -2.15. The van der Waals surface area contributed by atoms with Gasteiger partial charge in [-0.15, -0.1) is 0 Å². The zero-order valence-electron chi connectivity index (χ0n) is 14.5. The van der Waals surface area contributed by atoms with E-state index in [1.807, 2.05) is 18.2 Å². The van der Waals surface area contributed by atoms with Crippen molar-refractivity contribution in [2.75, 3.05) is 6.61 Å². The van der Waals surface area contributed by atoms with Gasteiger partial charge in [-0.25, -0.2) is 9.97 Å². The molecule has 2 aromatic heterocycles. The molecule has 1 N–H and O–H groups in total. The van der Waals surface area contributed by atoms with E-state index in [1.165, 1.54) is 6.20 Å². The van der Waals surface area contributed by atoms with Gasteiger partial charge < -0.3 is 14.5 Å². The van der Waals surface area contributed by atoms with Gasteiger partial charge in [0.1, 0.15) is 5.52 Å². The molecule has 28 heavy (non-hydrogen) atoms. The van der Waals surface area contributed by atoms with Gasteiger partial charge in [0.15, 0.2) is 18.1 Å². The third-order valence-electron chi connectivity index (χ3n) is 4.19. The van der Waals surface area contributed by atoms with Gasteiger partial charge in [0, 0.05) is 18.5 Å². The molecule has 1 aliphatic carbocycles. The molecule has 148 valence electrons. The molecule has 1 saturated carbocycles. The molecule has 0 bridgehead atoms. The predicted octanol–water partition coefficient (Wildman–Crippen LogP) is 4.04. The number of thiazole rings is 1. The molecule has 1 amide bonds. The van der Waals surface area contributed by atoms with Gasteiger partial charge in [0.05, 0.1) is 10.9 Å². The monoisotopic (exact) mass is 411 g/mol. The Morgan fingerprint density at radius 1 is 1.36 bits per heavy atom. The number of nitrogens with zero attached hydrogens (tertiary/aromatic N) is 2. The summed E-state index contributed by atoms with van der Waals surface area (Å²) in [4.78, 5) is 21.1. The number of halogens is 3. The molecule has 0 spiro atoms. The summed E-state index contributed by atoms with van der Waals surface area (Å²) in [5.41, 5.74) is 1.33. The van der Waals surface area contributed by atoms with E-state index in [1.54, 1.807) is 6.07 Å². The standard InChI is InChI=1S/C18H16F3N3O3S/c19-18(20,21)9-26-17-22-8-14(28-17)12(24-16(25)10-5-6-10)7-15-23-11-3-1-2-4-13(11)27-15/h1-4,8,10,12H,5-7,9H2,(H,24,25)/t12-/m1/s1. The number of carbonyl (C=O) groups is 1. The fourth-order valence-electron chi connectivity index (χ4n) is 2.68. The fraction of sp³-hybridized carbons (Fsp3) is 0.389. The van der Waals surface area contributed by atoms with E-state index in [9.17, 15) is 18.0 Å². The summed E-state index contributed by atoms with van der Waals surface area (Å²) >= 11 is 0.964. The van der Waals surface area contributed by atoms with Gasteiger partial charge in [-0.05, 0) is 25.0 Å². The number of para-hydroxylation sites is 2. The van der Waals surface area contributed by atoms with Crippen LogP contribution in [-0.2, 0) is 11.2 Å². The lowest BCUT2D eigenvalue weighted by molar-refractivity contribution is -0.153. The number of nitrogens with one attached hydrogen (secondary N) is 1. The SMILES string of the molecule is O=C(N[C@H](Cc1nc2ccccc2o1)c1cnc(OCC(F)(F)F)s1)C1CC1. The minimum absolute atomic E-state index is 0.0139. The number of amides is 1. The quantitative estimate of drug-likeness (QED) is 0.635. The van der Waals surface area contributed by atoms with Crippen molar-refractivity contribution in [2.24, 2.45) is 5.92 Å². The van der Waals surface area contributed by atoms with Crippen LogP contribution in [0.3, 0.4) is 0 Å². The maximum absolute atomic E-state index is 12.3. The first-order chi connectivity index (χ1) is 13.4. The first kappa shape index (κ1) is 18.7. The van der Waals surface area contributed by atoms with Gasteiger partial charge in [-0.1, -0.05) is 23.5 Å². The summed E-state index contributed by atoms with van der Waals surface area (Å²) in [6.07, 6.45) is -1.09. The Balaban J connectivity index is 1.53. The number of aromatic nitrogens is 2. The fourth-order valence-corrected chi connectivity index (χ4v) is 3.50. The van der Waals surface area contributed by atoms with Crippen LogP contribution in [0.1, 0.15) is 29.7 Å².